The number of carbonyl (C=O) groups excluding carboxylic acids is 3. The maximum absolute atomic E-state index is 13.0. The normalized spacial score (nSPS) is 26.9. The summed E-state index contributed by atoms with van der Waals surface area (Å²) in [6.45, 7) is 4.02. The van der Waals surface area contributed by atoms with Crippen molar-refractivity contribution in [2.45, 2.75) is 38.6 Å². The Labute approximate surface area is 158 Å². The van der Waals surface area contributed by atoms with Crippen molar-refractivity contribution < 1.29 is 14.4 Å². The van der Waals surface area contributed by atoms with E-state index in [-0.39, 0.29) is 29.6 Å². The monoisotopic (exact) mass is 371 g/mol. The Morgan fingerprint density at radius 3 is 2.11 bits per heavy atom. The number of fused-ring (bicyclic) bond motifs is 1. The molecule has 2 saturated heterocycles. The first-order chi connectivity index (χ1) is 13.1. The van der Waals surface area contributed by atoms with Gasteiger partial charge in [0.05, 0.1) is 11.8 Å². The molecule has 4 rings (SSSR count). The lowest BCUT2D eigenvalue weighted by atomic mass is 9.81. The van der Waals surface area contributed by atoms with Gasteiger partial charge in [0.25, 0.3) is 0 Å². The van der Waals surface area contributed by atoms with Crippen LogP contribution in [-0.2, 0) is 14.4 Å². The largest absolute Gasteiger partial charge is 0.337 e. The van der Waals surface area contributed by atoms with Crippen molar-refractivity contribution in [3.8, 4) is 0 Å². The highest BCUT2D eigenvalue weighted by atomic mass is 16.2. The van der Waals surface area contributed by atoms with E-state index in [9.17, 15) is 14.4 Å². The van der Waals surface area contributed by atoms with Crippen LogP contribution in [0.25, 0.3) is 0 Å². The van der Waals surface area contributed by atoms with E-state index in [0.29, 0.717) is 32.1 Å². The second-order valence-electron chi connectivity index (χ2n) is 7.58. The average molecular weight is 371 g/mol. The maximum atomic E-state index is 13.0. The quantitative estimate of drug-likeness (QED) is 0.727. The number of nitrogens with zero attached hydrogens (tertiary/aromatic N) is 5. The summed E-state index contributed by atoms with van der Waals surface area (Å²) in [5.74, 6) is -0.221. The second kappa shape index (κ2) is 7.25. The standard InChI is InChI=1S/C19H25N5O3/c1-13(24-17(26)14-5-2-3-6-15(14)18(24)27)16(25)22-9-11-23(12-10-22)19-20-7-4-8-21-19/h4,7-8,13-15H,2-3,5-6,9-12H2,1H3/t13-,14-,15+/m0/s1. The number of hydrogen-bond acceptors (Lipinski definition) is 6. The van der Waals surface area contributed by atoms with Crippen molar-refractivity contribution in [3.63, 3.8) is 0 Å². The molecule has 0 unspecified atom stereocenters. The summed E-state index contributed by atoms with van der Waals surface area (Å²) in [5.41, 5.74) is 0. The maximum Gasteiger partial charge on any atom is 0.245 e. The molecule has 1 aliphatic carbocycles. The Balaban J connectivity index is 1.40. The molecule has 3 heterocycles. The molecule has 144 valence electrons. The van der Waals surface area contributed by atoms with Gasteiger partial charge >= 0.3 is 0 Å². The first kappa shape index (κ1) is 17.9. The van der Waals surface area contributed by atoms with Crippen molar-refractivity contribution >= 4 is 23.7 Å². The van der Waals surface area contributed by atoms with Gasteiger partial charge in [-0.2, -0.15) is 0 Å². The van der Waals surface area contributed by atoms with Crippen LogP contribution >= 0.6 is 0 Å². The second-order valence-corrected chi connectivity index (χ2v) is 7.58. The van der Waals surface area contributed by atoms with Crippen molar-refractivity contribution in [2.24, 2.45) is 11.8 Å². The molecule has 2 aliphatic heterocycles. The molecule has 0 radical (unpaired) electrons. The van der Waals surface area contributed by atoms with E-state index < -0.39 is 6.04 Å². The van der Waals surface area contributed by atoms with Crippen LogP contribution in [0.5, 0.6) is 0 Å². The van der Waals surface area contributed by atoms with Crippen LogP contribution < -0.4 is 4.90 Å². The van der Waals surface area contributed by atoms with Gasteiger partial charge in [-0.1, -0.05) is 12.8 Å². The number of imide groups is 1. The highest BCUT2D eigenvalue weighted by Gasteiger charge is 2.51. The molecule has 1 aromatic rings. The van der Waals surface area contributed by atoms with Crippen molar-refractivity contribution in [2.75, 3.05) is 31.1 Å². The van der Waals surface area contributed by atoms with E-state index in [2.05, 4.69) is 9.97 Å². The number of rotatable bonds is 3. The molecule has 27 heavy (non-hydrogen) atoms. The number of hydrogen-bond donors (Lipinski definition) is 0. The van der Waals surface area contributed by atoms with Gasteiger partial charge in [0.1, 0.15) is 6.04 Å². The van der Waals surface area contributed by atoms with Gasteiger partial charge in [0, 0.05) is 38.6 Å². The fourth-order valence-corrected chi connectivity index (χ4v) is 4.53. The summed E-state index contributed by atoms with van der Waals surface area (Å²) >= 11 is 0. The third kappa shape index (κ3) is 3.17. The van der Waals surface area contributed by atoms with Crippen LogP contribution in [0.1, 0.15) is 32.6 Å². The third-order valence-electron chi connectivity index (χ3n) is 6.05. The zero-order valence-corrected chi connectivity index (χ0v) is 15.6. The topological polar surface area (TPSA) is 86.7 Å². The number of piperazine rings is 1. The van der Waals surface area contributed by atoms with Gasteiger partial charge in [-0.3, -0.25) is 19.3 Å². The predicted molar refractivity (Wildman–Crippen MR) is 97.6 cm³/mol. The molecule has 0 bridgehead atoms. The fraction of sp³-hybridized carbons (Fsp3) is 0.632. The van der Waals surface area contributed by atoms with Crippen LogP contribution in [-0.4, -0.2) is 69.7 Å². The molecule has 0 aromatic carbocycles. The Morgan fingerprint density at radius 1 is 1.00 bits per heavy atom. The van der Waals surface area contributed by atoms with Crippen molar-refractivity contribution in [1.29, 1.82) is 0 Å². The molecule has 3 fully saturated rings. The molecule has 3 amide bonds. The van der Waals surface area contributed by atoms with Crippen LogP contribution in [0.2, 0.25) is 0 Å². The number of amides is 3. The zero-order chi connectivity index (χ0) is 19.0. The number of carbonyl (C=O) groups is 3. The van der Waals surface area contributed by atoms with Crippen LogP contribution in [0.15, 0.2) is 18.5 Å². The first-order valence-electron chi connectivity index (χ1n) is 9.75. The first-order valence-corrected chi connectivity index (χ1v) is 9.75. The molecule has 8 nitrogen and oxygen atoms in total. The Kier molecular flexibility index (Phi) is 4.80. The molecule has 8 heteroatoms. The summed E-state index contributed by atoms with van der Waals surface area (Å²) in [5, 5.41) is 0. The molecular formula is C19H25N5O3. The van der Waals surface area contributed by atoms with Crippen molar-refractivity contribution in [1.82, 2.24) is 19.8 Å². The zero-order valence-electron chi connectivity index (χ0n) is 15.6. The fourth-order valence-electron chi connectivity index (χ4n) is 4.53. The summed E-state index contributed by atoms with van der Waals surface area (Å²) in [6, 6.07) is 1.04. The Bertz CT molecular complexity index is 708. The third-order valence-corrected chi connectivity index (χ3v) is 6.05. The van der Waals surface area contributed by atoms with Gasteiger partial charge in [-0.15, -0.1) is 0 Å². The van der Waals surface area contributed by atoms with E-state index in [4.69, 9.17) is 0 Å². The van der Waals surface area contributed by atoms with E-state index in [1.54, 1.807) is 30.3 Å². The molecule has 3 aliphatic rings. The molecular weight excluding hydrogens is 346 g/mol. The van der Waals surface area contributed by atoms with Gasteiger partial charge in [-0.05, 0) is 25.8 Å². The highest BCUT2D eigenvalue weighted by molar-refractivity contribution is 6.08. The minimum atomic E-state index is -0.727. The van der Waals surface area contributed by atoms with E-state index in [1.807, 2.05) is 4.90 Å². The predicted octanol–water partition coefficient (Wildman–Crippen LogP) is 0.689. The minimum Gasteiger partial charge on any atom is -0.337 e. The highest BCUT2D eigenvalue weighted by Crippen LogP contribution is 2.39. The molecule has 0 N–H and O–H groups in total. The number of anilines is 1. The molecule has 3 atom stereocenters. The number of aromatic nitrogens is 2. The lowest BCUT2D eigenvalue weighted by Gasteiger charge is -2.37. The molecule has 0 spiro atoms. The van der Waals surface area contributed by atoms with Crippen molar-refractivity contribution in [3.05, 3.63) is 18.5 Å². The van der Waals surface area contributed by atoms with Crippen LogP contribution in [0, 0.1) is 11.8 Å². The summed E-state index contributed by atoms with van der Waals surface area (Å²) in [7, 11) is 0. The van der Waals surface area contributed by atoms with E-state index >= 15 is 0 Å². The SMILES string of the molecule is C[C@@H](C(=O)N1CCN(c2ncccn2)CC1)N1C(=O)[C@H]2CCCC[C@H]2C1=O. The van der Waals surface area contributed by atoms with E-state index in [0.717, 1.165) is 25.7 Å². The summed E-state index contributed by atoms with van der Waals surface area (Å²) < 4.78 is 0. The van der Waals surface area contributed by atoms with Gasteiger partial charge in [-0.25, -0.2) is 9.97 Å². The van der Waals surface area contributed by atoms with Gasteiger partial charge < -0.3 is 9.80 Å². The molecule has 1 saturated carbocycles. The van der Waals surface area contributed by atoms with E-state index in [1.165, 1.54) is 4.90 Å². The number of likely N-dealkylation sites (tertiary alicyclic amines) is 1. The summed E-state index contributed by atoms with van der Waals surface area (Å²) in [4.78, 5) is 51.9. The van der Waals surface area contributed by atoms with Gasteiger partial charge in [0.15, 0.2) is 0 Å². The smallest absolute Gasteiger partial charge is 0.245 e. The molecule has 1 aromatic heterocycles. The van der Waals surface area contributed by atoms with Crippen LogP contribution in [0.3, 0.4) is 0 Å². The van der Waals surface area contributed by atoms with Crippen LogP contribution in [0.4, 0.5) is 5.95 Å². The lowest BCUT2D eigenvalue weighted by Crippen LogP contribution is -2.55. The average Bonchev–Trinajstić information content (AvgIpc) is 2.98. The summed E-state index contributed by atoms with van der Waals surface area (Å²) in [6.07, 6.45) is 6.91. The van der Waals surface area contributed by atoms with Gasteiger partial charge in [0.2, 0.25) is 23.7 Å². The Hall–Kier alpha value is -2.51. The minimum absolute atomic E-state index is 0.149. The Morgan fingerprint density at radius 2 is 1.56 bits per heavy atom. The lowest BCUT2D eigenvalue weighted by molar-refractivity contribution is -0.151.